The zero-order valence-corrected chi connectivity index (χ0v) is 21.7. The molecule has 0 aromatic carbocycles. The fourth-order valence-electron chi connectivity index (χ4n) is 3.01. The van der Waals surface area contributed by atoms with E-state index in [-0.39, 0.29) is 35.5 Å². The van der Waals surface area contributed by atoms with Gasteiger partial charge in [-0.15, -0.1) is 24.0 Å². The van der Waals surface area contributed by atoms with Crippen molar-refractivity contribution in [2.75, 3.05) is 26.7 Å². The molecule has 9 heteroatoms. The van der Waals surface area contributed by atoms with Gasteiger partial charge >= 0.3 is 6.09 Å². The first kappa shape index (κ1) is 26.5. The van der Waals surface area contributed by atoms with Gasteiger partial charge in [0.2, 0.25) is 5.89 Å². The Morgan fingerprint density at radius 2 is 1.87 bits per heavy atom. The topological polar surface area (TPSA) is 92.0 Å². The number of carbonyl (C=O) groups is 1. The molecule has 1 aromatic heterocycles. The Bertz CT molecular complexity index is 698. The lowest BCUT2D eigenvalue weighted by atomic mass is 9.94. The minimum atomic E-state index is -0.454. The highest BCUT2D eigenvalue weighted by atomic mass is 127. The van der Waals surface area contributed by atoms with E-state index in [0.717, 1.165) is 44.2 Å². The molecule has 0 saturated carbocycles. The van der Waals surface area contributed by atoms with E-state index in [1.165, 1.54) is 0 Å². The smallest absolute Gasteiger partial charge is 0.410 e. The van der Waals surface area contributed by atoms with Crippen molar-refractivity contribution in [3.63, 3.8) is 0 Å². The summed E-state index contributed by atoms with van der Waals surface area (Å²) >= 11 is 0. The number of ether oxygens (including phenoxy) is 1. The number of piperidine rings is 1. The highest BCUT2D eigenvalue weighted by Gasteiger charge is 2.27. The van der Waals surface area contributed by atoms with Gasteiger partial charge in [0.05, 0.1) is 12.7 Å². The first-order valence-corrected chi connectivity index (χ1v) is 10.4. The minimum absolute atomic E-state index is 0. The lowest BCUT2D eigenvalue weighted by Crippen LogP contribution is -2.45. The number of nitrogens with zero attached hydrogens (tertiary/aromatic N) is 3. The van der Waals surface area contributed by atoms with Gasteiger partial charge in [-0.2, -0.15) is 0 Å². The number of amides is 1. The molecular weight excluding hydrogens is 497 g/mol. The number of hydrogen-bond donors (Lipinski definition) is 2. The van der Waals surface area contributed by atoms with Gasteiger partial charge in [0, 0.05) is 32.1 Å². The number of guanidine groups is 1. The van der Waals surface area contributed by atoms with E-state index in [1.54, 1.807) is 18.1 Å². The summed E-state index contributed by atoms with van der Waals surface area (Å²) in [6, 6.07) is 0. The molecule has 1 fully saturated rings. The molecule has 0 unspecified atom stereocenters. The van der Waals surface area contributed by atoms with E-state index in [0.29, 0.717) is 18.4 Å². The average molecular weight is 535 g/mol. The molecule has 2 rings (SSSR count). The van der Waals surface area contributed by atoms with Crippen LogP contribution in [0.3, 0.4) is 0 Å². The third kappa shape index (κ3) is 8.69. The molecule has 1 aromatic rings. The Morgan fingerprint density at radius 1 is 1.23 bits per heavy atom. The zero-order chi connectivity index (χ0) is 21.7. The minimum Gasteiger partial charge on any atom is -0.444 e. The monoisotopic (exact) mass is 535 g/mol. The maximum Gasteiger partial charge on any atom is 0.410 e. The van der Waals surface area contributed by atoms with Crippen LogP contribution in [0.25, 0.3) is 0 Å². The van der Waals surface area contributed by atoms with Crippen molar-refractivity contribution in [1.29, 1.82) is 0 Å². The second-order valence-electron chi connectivity index (χ2n) is 9.59. The van der Waals surface area contributed by atoms with Crippen LogP contribution in [0, 0.1) is 5.92 Å². The molecule has 2 heterocycles. The van der Waals surface area contributed by atoms with E-state index in [9.17, 15) is 4.79 Å². The van der Waals surface area contributed by atoms with Crippen LogP contribution in [0.1, 0.15) is 66.0 Å². The van der Waals surface area contributed by atoms with Crippen LogP contribution in [0.15, 0.2) is 15.6 Å². The fourth-order valence-corrected chi connectivity index (χ4v) is 3.01. The molecule has 1 amide bonds. The number of likely N-dealkylation sites (tertiary alicyclic amines) is 1. The maximum absolute atomic E-state index is 12.2. The fraction of sp³-hybridized carbons (Fsp3) is 0.762. The maximum atomic E-state index is 12.2. The zero-order valence-electron chi connectivity index (χ0n) is 19.4. The SMILES string of the molecule is CN=C(NCc1ncc(C(C)(C)C)o1)NCC1CCN(C(=O)OC(C)(C)C)CC1.I. The van der Waals surface area contributed by atoms with Crippen LogP contribution in [0.2, 0.25) is 0 Å². The number of aromatic nitrogens is 1. The Labute approximate surface area is 197 Å². The van der Waals surface area contributed by atoms with Crippen molar-refractivity contribution in [3.05, 3.63) is 17.8 Å². The number of rotatable bonds is 4. The van der Waals surface area contributed by atoms with E-state index in [1.807, 2.05) is 20.8 Å². The molecular formula is C21H38IN5O3. The lowest BCUT2D eigenvalue weighted by molar-refractivity contribution is 0.0185. The van der Waals surface area contributed by atoms with Crippen LogP contribution in [-0.2, 0) is 16.7 Å². The second-order valence-corrected chi connectivity index (χ2v) is 9.59. The summed E-state index contributed by atoms with van der Waals surface area (Å²) in [4.78, 5) is 22.6. The van der Waals surface area contributed by atoms with Crippen molar-refractivity contribution in [2.45, 2.75) is 71.9 Å². The molecule has 1 aliphatic rings. The van der Waals surface area contributed by atoms with Gasteiger partial charge in [-0.25, -0.2) is 9.78 Å². The summed E-state index contributed by atoms with van der Waals surface area (Å²) < 4.78 is 11.3. The predicted molar refractivity (Wildman–Crippen MR) is 129 cm³/mol. The number of nitrogens with one attached hydrogen (secondary N) is 2. The first-order valence-electron chi connectivity index (χ1n) is 10.4. The number of carbonyl (C=O) groups excluding carboxylic acids is 1. The third-order valence-electron chi connectivity index (χ3n) is 4.75. The van der Waals surface area contributed by atoms with Crippen molar-refractivity contribution in [3.8, 4) is 0 Å². The standard InChI is InChI=1S/C21H37N5O3.HI/c1-20(2,3)16-13-23-17(28-16)14-25-18(22-7)24-12-15-8-10-26(11-9-15)19(27)29-21(4,5)6;/h13,15H,8-12,14H2,1-7H3,(H2,22,24,25);1H. The molecule has 0 spiro atoms. The van der Waals surface area contributed by atoms with Gasteiger partial charge in [0.25, 0.3) is 0 Å². The van der Waals surface area contributed by atoms with Crippen molar-refractivity contribution in [1.82, 2.24) is 20.5 Å². The predicted octanol–water partition coefficient (Wildman–Crippen LogP) is 3.90. The summed E-state index contributed by atoms with van der Waals surface area (Å²) in [5.74, 6) is 2.72. The van der Waals surface area contributed by atoms with Crippen molar-refractivity contribution >= 4 is 36.0 Å². The van der Waals surface area contributed by atoms with Crippen LogP contribution in [0.5, 0.6) is 0 Å². The summed E-state index contributed by atoms with van der Waals surface area (Å²) in [5, 5.41) is 6.60. The van der Waals surface area contributed by atoms with Gasteiger partial charge in [-0.3, -0.25) is 4.99 Å². The Hall–Kier alpha value is -1.52. The quantitative estimate of drug-likeness (QED) is 0.345. The molecule has 1 saturated heterocycles. The Kier molecular flexibility index (Phi) is 9.90. The molecule has 0 aliphatic carbocycles. The van der Waals surface area contributed by atoms with Crippen LogP contribution < -0.4 is 10.6 Å². The normalized spacial score (nSPS) is 16.1. The molecule has 30 heavy (non-hydrogen) atoms. The number of oxazole rings is 1. The summed E-state index contributed by atoms with van der Waals surface area (Å²) in [7, 11) is 1.75. The van der Waals surface area contributed by atoms with Gasteiger partial charge in [0.15, 0.2) is 5.96 Å². The van der Waals surface area contributed by atoms with Crippen molar-refractivity contribution in [2.24, 2.45) is 10.9 Å². The number of hydrogen-bond acceptors (Lipinski definition) is 5. The van der Waals surface area contributed by atoms with Gasteiger partial charge in [0.1, 0.15) is 11.4 Å². The molecule has 8 nitrogen and oxygen atoms in total. The lowest BCUT2D eigenvalue weighted by Gasteiger charge is -2.33. The van der Waals surface area contributed by atoms with Crippen LogP contribution in [0.4, 0.5) is 4.79 Å². The molecule has 0 atom stereocenters. The van der Waals surface area contributed by atoms with Crippen LogP contribution >= 0.6 is 24.0 Å². The highest BCUT2D eigenvalue weighted by molar-refractivity contribution is 14.0. The first-order chi connectivity index (χ1) is 13.5. The highest BCUT2D eigenvalue weighted by Crippen LogP contribution is 2.22. The van der Waals surface area contributed by atoms with Gasteiger partial charge in [-0.1, -0.05) is 20.8 Å². The summed E-state index contributed by atoms with van der Waals surface area (Å²) in [6.45, 7) is 14.7. The third-order valence-corrected chi connectivity index (χ3v) is 4.75. The van der Waals surface area contributed by atoms with E-state index < -0.39 is 5.60 Å². The number of halogens is 1. The van der Waals surface area contributed by atoms with Gasteiger partial charge < -0.3 is 24.7 Å². The van der Waals surface area contributed by atoms with E-state index >= 15 is 0 Å². The van der Waals surface area contributed by atoms with Crippen LogP contribution in [-0.4, -0.2) is 54.2 Å². The second kappa shape index (κ2) is 11.2. The number of aliphatic imine (C=N–C) groups is 1. The largest absolute Gasteiger partial charge is 0.444 e. The Balaban J connectivity index is 0.00000450. The molecule has 0 radical (unpaired) electrons. The molecule has 172 valence electrons. The van der Waals surface area contributed by atoms with Gasteiger partial charge in [-0.05, 0) is 39.5 Å². The molecule has 0 bridgehead atoms. The van der Waals surface area contributed by atoms with E-state index in [2.05, 4.69) is 41.4 Å². The summed E-state index contributed by atoms with van der Waals surface area (Å²) in [6.07, 6.45) is 3.45. The van der Waals surface area contributed by atoms with E-state index in [4.69, 9.17) is 9.15 Å². The Morgan fingerprint density at radius 3 is 2.37 bits per heavy atom. The van der Waals surface area contributed by atoms with Crippen molar-refractivity contribution < 1.29 is 13.9 Å². The summed E-state index contributed by atoms with van der Waals surface area (Å²) in [5.41, 5.74) is -0.510. The molecule has 2 N–H and O–H groups in total. The average Bonchev–Trinajstić information content (AvgIpc) is 3.10. The molecule has 1 aliphatic heterocycles.